The molecule has 0 atom stereocenters. The van der Waals surface area contributed by atoms with Crippen LogP contribution in [0, 0.1) is 13.8 Å². The fourth-order valence-corrected chi connectivity index (χ4v) is 4.28. The van der Waals surface area contributed by atoms with Crippen LogP contribution in [0.5, 0.6) is 0 Å². The van der Waals surface area contributed by atoms with E-state index in [9.17, 15) is 4.79 Å². The summed E-state index contributed by atoms with van der Waals surface area (Å²) in [6.07, 6.45) is 0. The van der Waals surface area contributed by atoms with Gasteiger partial charge in [0.2, 0.25) is 5.89 Å². The minimum absolute atomic E-state index is 0.0977. The predicted molar refractivity (Wildman–Crippen MR) is 136 cm³/mol. The lowest BCUT2D eigenvalue weighted by molar-refractivity contribution is 0.0997. The number of nitrogens with one attached hydrogen (secondary N) is 1. The highest BCUT2D eigenvalue weighted by molar-refractivity contribution is 6.35. The van der Waals surface area contributed by atoms with E-state index in [-0.39, 0.29) is 5.76 Å². The van der Waals surface area contributed by atoms with E-state index in [1.807, 2.05) is 26.0 Å². The quantitative estimate of drug-likeness (QED) is 0.262. The van der Waals surface area contributed by atoms with Gasteiger partial charge >= 0.3 is 0 Å². The number of carbonyl (C=O) groups excluding carboxylic acids is 1. The molecule has 0 saturated heterocycles. The second-order valence-electron chi connectivity index (χ2n) is 7.89. The molecule has 170 valence electrons. The maximum Gasteiger partial charge on any atom is 0.291 e. The Morgan fingerprint density at radius 3 is 2.50 bits per heavy atom. The van der Waals surface area contributed by atoms with Crippen LogP contribution in [0.3, 0.4) is 0 Å². The van der Waals surface area contributed by atoms with Crippen LogP contribution < -0.4 is 5.32 Å². The number of anilines is 1. The molecule has 34 heavy (non-hydrogen) atoms. The van der Waals surface area contributed by atoms with Crippen LogP contribution in [0.2, 0.25) is 15.1 Å². The fraction of sp³-hybridized carbons (Fsp3) is 0.0769. The van der Waals surface area contributed by atoms with Crippen LogP contribution in [-0.2, 0) is 0 Å². The van der Waals surface area contributed by atoms with E-state index in [1.54, 1.807) is 48.5 Å². The van der Waals surface area contributed by atoms with Crippen molar-refractivity contribution in [3.8, 4) is 22.8 Å². The van der Waals surface area contributed by atoms with Crippen molar-refractivity contribution < 1.29 is 13.6 Å². The highest BCUT2D eigenvalue weighted by Crippen LogP contribution is 2.34. The van der Waals surface area contributed by atoms with E-state index in [1.165, 1.54) is 0 Å². The van der Waals surface area contributed by atoms with E-state index < -0.39 is 5.91 Å². The number of fused-ring (bicyclic) bond motifs is 1. The van der Waals surface area contributed by atoms with Gasteiger partial charge in [-0.2, -0.15) is 0 Å². The van der Waals surface area contributed by atoms with Gasteiger partial charge in [-0.3, -0.25) is 4.79 Å². The van der Waals surface area contributed by atoms with Crippen molar-refractivity contribution in [3.05, 3.63) is 92.6 Å². The van der Waals surface area contributed by atoms with Gasteiger partial charge < -0.3 is 14.2 Å². The maximum absolute atomic E-state index is 12.9. The van der Waals surface area contributed by atoms with E-state index in [2.05, 4.69) is 10.3 Å². The first kappa shape index (κ1) is 22.5. The Morgan fingerprint density at radius 1 is 0.882 bits per heavy atom. The number of nitrogens with zero attached hydrogens (tertiary/aromatic N) is 1. The molecule has 5 aromatic rings. The summed E-state index contributed by atoms with van der Waals surface area (Å²) in [6, 6.07) is 17.4. The number of aromatic nitrogens is 1. The number of hydrogen-bond donors (Lipinski definition) is 1. The molecule has 0 fully saturated rings. The highest BCUT2D eigenvalue weighted by atomic mass is 35.5. The smallest absolute Gasteiger partial charge is 0.291 e. The van der Waals surface area contributed by atoms with Gasteiger partial charge in [0.25, 0.3) is 5.91 Å². The Kier molecular flexibility index (Phi) is 5.86. The number of hydrogen-bond acceptors (Lipinski definition) is 4. The summed E-state index contributed by atoms with van der Waals surface area (Å²) >= 11 is 18.7. The third kappa shape index (κ3) is 4.30. The fourth-order valence-electron chi connectivity index (χ4n) is 3.73. The number of furan rings is 1. The largest absolute Gasteiger partial charge is 0.451 e. The van der Waals surface area contributed by atoms with E-state index in [0.717, 1.165) is 22.2 Å². The van der Waals surface area contributed by atoms with Gasteiger partial charge in [0.05, 0.1) is 15.7 Å². The molecule has 0 radical (unpaired) electrons. The first-order valence-electron chi connectivity index (χ1n) is 10.3. The van der Waals surface area contributed by atoms with Gasteiger partial charge in [-0.1, -0.05) is 40.9 Å². The molecule has 2 heterocycles. The first-order valence-corrected chi connectivity index (χ1v) is 11.5. The summed E-state index contributed by atoms with van der Waals surface area (Å²) in [6.45, 7) is 3.99. The molecule has 0 unspecified atom stereocenters. The van der Waals surface area contributed by atoms with Gasteiger partial charge in [-0.05, 0) is 79.6 Å². The molecular weight excluding hydrogens is 495 g/mol. The molecule has 8 heteroatoms. The second-order valence-corrected chi connectivity index (χ2v) is 9.14. The number of oxazole rings is 1. The molecule has 3 aromatic carbocycles. The maximum atomic E-state index is 12.9. The van der Waals surface area contributed by atoms with Crippen molar-refractivity contribution in [2.45, 2.75) is 13.8 Å². The standard InChI is InChI=1S/C26H17Cl3N2O3/c1-13-9-14(2)24-21(10-13)31-26(34-24)15-3-5-19(29)20(11-15)30-25(32)23-8-7-22(33-23)17-12-16(27)4-6-18(17)28/h3-12H,1-2H3,(H,30,32). The first-order chi connectivity index (χ1) is 16.3. The number of halogens is 3. The summed E-state index contributed by atoms with van der Waals surface area (Å²) in [5.74, 6) is 0.495. The van der Waals surface area contributed by atoms with Gasteiger partial charge in [0.15, 0.2) is 11.3 Å². The van der Waals surface area contributed by atoms with Crippen molar-refractivity contribution in [1.82, 2.24) is 4.98 Å². The normalized spacial score (nSPS) is 11.2. The van der Waals surface area contributed by atoms with Crippen molar-refractivity contribution in [1.29, 1.82) is 0 Å². The lowest BCUT2D eigenvalue weighted by Gasteiger charge is -2.07. The molecular formula is C26H17Cl3N2O3. The molecule has 0 aliphatic rings. The Hall–Kier alpha value is -3.25. The summed E-state index contributed by atoms with van der Waals surface area (Å²) in [5.41, 5.74) is 5.28. The van der Waals surface area contributed by atoms with Crippen LogP contribution >= 0.6 is 34.8 Å². The number of amides is 1. The number of rotatable bonds is 4. The minimum Gasteiger partial charge on any atom is -0.451 e. The van der Waals surface area contributed by atoms with E-state index in [4.69, 9.17) is 43.6 Å². The zero-order chi connectivity index (χ0) is 24.0. The lowest BCUT2D eigenvalue weighted by Crippen LogP contribution is -2.11. The summed E-state index contributed by atoms with van der Waals surface area (Å²) in [5, 5.41) is 4.13. The minimum atomic E-state index is -0.465. The summed E-state index contributed by atoms with van der Waals surface area (Å²) in [7, 11) is 0. The molecule has 1 N–H and O–H groups in total. The second kappa shape index (κ2) is 8.84. The molecule has 0 spiro atoms. The van der Waals surface area contributed by atoms with Crippen molar-refractivity contribution in [2.24, 2.45) is 0 Å². The molecule has 1 amide bonds. The molecule has 5 rings (SSSR count). The molecule has 0 bridgehead atoms. The van der Waals surface area contributed by atoms with Crippen molar-refractivity contribution >= 4 is 57.5 Å². The Bertz CT molecular complexity index is 1570. The van der Waals surface area contributed by atoms with Crippen molar-refractivity contribution in [2.75, 3.05) is 5.32 Å². The molecule has 0 aliphatic heterocycles. The zero-order valence-corrected chi connectivity index (χ0v) is 20.3. The summed E-state index contributed by atoms with van der Waals surface area (Å²) < 4.78 is 11.7. The van der Waals surface area contributed by atoms with Gasteiger partial charge in [-0.15, -0.1) is 0 Å². The van der Waals surface area contributed by atoms with Crippen LogP contribution in [0.4, 0.5) is 5.69 Å². The van der Waals surface area contributed by atoms with Gasteiger partial charge in [0, 0.05) is 16.1 Å². The Morgan fingerprint density at radius 2 is 1.68 bits per heavy atom. The van der Waals surface area contributed by atoms with Crippen LogP contribution in [0.1, 0.15) is 21.7 Å². The lowest BCUT2D eigenvalue weighted by atomic mass is 10.1. The van der Waals surface area contributed by atoms with Gasteiger partial charge in [0.1, 0.15) is 11.3 Å². The van der Waals surface area contributed by atoms with Crippen LogP contribution in [-0.4, -0.2) is 10.9 Å². The van der Waals surface area contributed by atoms with E-state index >= 15 is 0 Å². The number of aryl methyl sites for hydroxylation is 2. The Balaban J connectivity index is 1.43. The third-order valence-corrected chi connectivity index (χ3v) is 6.20. The van der Waals surface area contributed by atoms with Crippen LogP contribution in [0.15, 0.2) is 69.5 Å². The van der Waals surface area contributed by atoms with Crippen molar-refractivity contribution in [3.63, 3.8) is 0 Å². The topological polar surface area (TPSA) is 68.3 Å². The number of benzene rings is 3. The molecule has 0 saturated carbocycles. The number of carbonyl (C=O) groups is 1. The average Bonchev–Trinajstić information content (AvgIpc) is 3.45. The van der Waals surface area contributed by atoms with E-state index in [0.29, 0.717) is 43.5 Å². The zero-order valence-electron chi connectivity index (χ0n) is 18.1. The molecule has 5 nitrogen and oxygen atoms in total. The third-order valence-electron chi connectivity index (χ3n) is 5.31. The predicted octanol–water partition coefficient (Wildman–Crippen LogP) is 8.58. The monoisotopic (exact) mass is 510 g/mol. The summed E-state index contributed by atoms with van der Waals surface area (Å²) in [4.78, 5) is 17.5. The SMILES string of the molecule is Cc1cc(C)c2oc(-c3ccc(Cl)c(NC(=O)c4ccc(-c5cc(Cl)ccc5Cl)o4)c3)nc2c1. The Labute approximate surface area is 210 Å². The molecule has 0 aliphatic carbocycles. The highest BCUT2D eigenvalue weighted by Gasteiger charge is 2.17. The average molecular weight is 512 g/mol. The molecule has 2 aromatic heterocycles. The van der Waals surface area contributed by atoms with Crippen LogP contribution in [0.25, 0.3) is 33.9 Å². The van der Waals surface area contributed by atoms with Gasteiger partial charge in [-0.25, -0.2) is 4.98 Å².